The lowest BCUT2D eigenvalue weighted by atomic mass is 10.3. The molecule has 0 spiro atoms. The number of rotatable bonds is 4. The van der Waals surface area contributed by atoms with Crippen LogP contribution >= 0.6 is 0 Å². The van der Waals surface area contributed by atoms with Crippen molar-refractivity contribution >= 4 is 5.91 Å². The first-order chi connectivity index (χ1) is 6.74. The van der Waals surface area contributed by atoms with Crippen molar-refractivity contribution in [1.29, 1.82) is 5.26 Å². The maximum Gasteiger partial charge on any atom is 0.219 e. The van der Waals surface area contributed by atoms with Crippen molar-refractivity contribution in [2.45, 2.75) is 19.9 Å². The zero-order valence-electron chi connectivity index (χ0n) is 8.06. The summed E-state index contributed by atoms with van der Waals surface area (Å²) in [6.45, 7) is 2.37. The molecule has 14 heavy (non-hydrogen) atoms. The van der Waals surface area contributed by atoms with Crippen LogP contribution in [0, 0.1) is 11.3 Å². The third kappa shape index (κ3) is 2.94. The molecular formula is C10H12N2O2. The number of furan rings is 1. The van der Waals surface area contributed by atoms with Crippen molar-refractivity contribution < 1.29 is 9.21 Å². The molecule has 4 heteroatoms. The van der Waals surface area contributed by atoms with Crippen LogP contribution in [-0.2, 0) is 11.3 Å². The van der Waals surface area contributed by atoms with Gasteiger partial charge in [0.15, 0.2) is 0 Å². The minimum Gasteiger partial charge on any atom is -0.467 e. The van der Waals surface area contributed by atoms with Crippen molar-refractivity contribution in [1.82, 2.24) is 4.90 Å². The number of carbonyl (C=O) groups is 1. The predicted octanol–water partition coefficient (Wildman–Crippen LogP) is 1.54. The third-order valence-corrected chi connectivity index (χ3v) is 1.87. The van der Waals surface area contributed by atoms with Crippen LogP contribution in [-0.4, -0.2) is 17.4 Å². The number of nitriles is 1. The van der Waals surface area contributed by atoms with E-state index in [9.17, 15) is 4.79 Å². The summed E-state index contributed by atoms with van der Waals surface area (Å²) in [5.74, 6) is 0.690. The van der Waals surface area contributed by atoms with Crippen molar-refractivity contribution in [3.63, 3.8) is 0 Å². The molecule has 0 aliphatic carbocycles. The normalized spacial score (nSPS) is 9.43. The molecular weight excluding hydrogens is 180 g/mol. The van der Waals surface area contributed by atoms with E-state index in [1.165, 1.54) is 6.92 Å². The predicted molar refractivity (Wildman–Crippen MR) is 50.0 cm³/mol. The van der Waals surface area contributed by atoms with Gasteiger partial charge in [0.25, 0.3) is 0 Å². The molecule has 0 bridgehead atoms. The molecule has 1 aromatic heterocycles. The standard InChI is InChI=1S/C10H12N2O2/c1-9(13)12(6-3-5-11)8-10-4-2-7-14-10/h2,4,7H,3,6,8H2,1H3. The molecule has 0 radical (unpaired) electrons. The fourth-order valence-electron chi connectivity index (χ4n) is 1.12. The summed E-state index contributed by atoms with van der Waals surface area (Å²) < 4.78 is 5.12. The van der Waals surface area contributed by atoms with Gasteiger partial charge in [0.05, 0.1) is 25.3 Å². The van der Waals surface area contributed by atoms with Gasteiger partial charge in [0.1, 0.15) is 5.76 Å². The van der Waals surface area contributed by atoms with Gasteiger partial charge < -0.3 is 9.32 Å². The van der Waals surface area contributed by atoms with Gasteiger partial charge in [-0.15, -0.1) is 0 Å². The van der Waals surface area contributed by atoms with Crippen LogP contribution in [0.2, 0.25) is 0 Å². The number of amides is 1. The summed E-state index contributed by atoms with van der Waals surface area (Å²) in [5, 5.41) is 8.41. The summed E-state index contributed by atoms with van der Waals surface area (Å²) >= 11 is 0. The van der Waals surface area contributed by atoms with Gasteiger partial charge in [-0.2, -0.15) is 5.26 Å². The zero-order valence-corrected chi connectivity index (χ0v) is 8.06. The van der Waals surface area contributed by atoms with Gasteiger partial charge in [0.2, 0.25) is 5.91 Å². The molecule has 74 valence electrons. The van der Waals surface area contributed by atoms with Crippen LogP contribution in [0.15, 0.2) is 22.8 Å². The van der Waals surface area contributed by atoms with E-state index in [2.05, 4.69) is 0 Å². The highest BCUT2D eigenvalue weighted by atomic mass is 16.3. The SMILES string of the molecule is CC(=O)N(CCC#N)Cc1ccco1. The largest absolute Gasteiger partial charge is 0.467 e. The van der Waals surface area contributed by atoms with Crippen LogP contribution < -0.4 is 0 Å². The summed E-state index contributed by atoms with van der Waals surface area (Å²) in [6.07, 6.45) is 1.91. The zero-order chi connectivity index (χ0) is 10.4. The Labute approximate surface area is 82.7 Å². The van der Waals surface area contributed by atoms with Crippen LogP contribution in [0.4, 0.5) is 0 Å². The second-order valence-electron chi connectivity index (χ2n) is 2.93. The van der Waals surface area contributed by atoms with E-state index in [0.717, 1.165) is 5.76 Å². The monoisotopic (exact) mass is 192 g/mol. The Morgan fingerprint density at radius 1 is 1.71 bits per heavy atom. The molecule has 0 aliphatic heterocycles. The Bertz CT molecular complexity index is 324. The van der Waals surface area contributed by atoms with Crippen molar-refractivity contribution in [2.24, 2.45) is 0 Å². The Kier molecular flexibility index (Phi) is 3.74. The van der Waals surface area contributed by atoms with Gasteiger partial charge >= 0.3 is 0 Å². The van der Waals surface area contributed by atoms with E-state index in [0.29, 0.717) is 19.5 Å². The molecule has 0 aromatic carbocycles. The first-order valence-corrected chi connectivity index (χ1v) is 4.39. The average Bonchev–Trinajstić information content (AvgIpc) is 2.64. The number of nitrogens with zero attached hydrogens (tertiary/aromatic N) is 2. The third-order valence-electron chi connectivity index (χ3n) is 1.87. The fourth-order valence-corrected chi connectivity index (χ4v) is 1.12. The van der Waals surface area contributed by atoms with Crippen molar-refractivity contribution in [3.05, 3.63) is 24.2 Å². The maximum absolute atomic E-state index is 11.2. The lowest BCUT2D eigenvalue weighted by molar-refractivity contribution is -0.129. The lowest BCUT2D eigenvalue weighted by Crippen LogP contribution is -2.28. The second-order valence-corrected chi connectivity index (χ2v) is 2.93. The van der Waals surface area contributed by atoms with Crippen LogP contribution in [0.5, 0.6) is 0 Å². The Hall–Kier alpha value is -1.76. The molecule has 0 atom stereocenters. The Balaban J connectivity index is 2.52. The first kappa shape index (κ1) is 10.3. The van der Waals surface area contributed by atoms with E-state index >= 15 is 0 Å². The average molecular weight is 192 g/mol. The Morgan fingerprint density at radius 2 is 2.50 bits per heavy atom. The molecule has 0 saturated carbocycles. The first-order valence-electron chi connectivity index (χ1n) is 4.39. The Morgan fingerprint density at radius 3 is 3.00 bits per heavy atom. The van der Waals surface area contributed by atoms with Gasteiger partial charge in [-0.05, 0) is 12.1 Å². The topological polar surface area (TPSA) is 57.2 Å². The highest BCUT2D eigenvalue weighted by molar-refractivity contribution is 5.73. The highest BCUT2D eigenvalue weighted by Gasteiger charge is 2.09. The molecule has 4 nitrogen and oxygen atoms in total. The highest BCUT2D eigenvalue weighted by Crippen LogP contribution is 2.05. The maximum atomic E-state index is 11.2. The summed E-state index contributed by atoms with van der Waals surface area (Å²) in [5.41, 5.74) is 0. The van der Waals surface area contributed by atoms with Crippen molar-refractivity contribution in [2.75, 3.05) is 6.54 Å². The molecule has 0 N–H and O–H groups in total. The van der Waals surface area contributed by atoms with Gasteiger partial charge in [-0.25, -0.2) is 0 Å². The van der Waals surface area contributed by atoms with E-state index in [-0.39, 0.29) is 5.91 Å². The van der Waals surface area contributed by atoms with Crippen LogP contribution in [0.3, 0.4) is 0 Å². The minimum absolute atomic E-state index is 0.0448. The second kappa shape index (κ2) is 5.07. The summed E-state index contributed by atoms with van der Waals surface area (Å²) in [4.78, 5) is 12.7. The van der Waals surface area contributed by atoms with Crippen LogP contribution in [0.1, 0.15) is 19.1 Å². The van der Waals surface area contributed by atoms with Crippen molar-refractivity contribution in [3.8, 4) is 6.07 Å². The molecule has 0 fully saturated rings. The molecule has 0 saturated heterocycles. The van der Waals surface area contributed by atoms with E-state index < -0.39 is 0 Å². The molecule has 0 aliphatic rings. The quantitative estimate of drug-likeness (QED) is 0.727. The fraction of sp³-hybridized carbons (Fsp3) is 0.400. The minimum atomic E-state index is -0.0448. The van der Waals surface area contributed by atoms with E-state index in [1.54, 1.807) is 17.2 Å². The van der Waals surface area contributed by atoms with Gasteiger partial charge in [-0.3, -0.25) is 4.79 Å². The van der Waals surface area contributed by atoms with Gasteiger partial charge in [0, 0.05) is 13.5 Å². The smallest absolute Gasteiger partial charge is 0.219 e. The molecule has 1 heterocycles. The lowest BCUT2D eigenvalue weighted by Gasteiger charge is -2.17. The summed E-state index contributed by atoms with van der Waals surface area (Å²) in [6, 6.07) is 5.59. The summed E-state index contributed by atoms with van der Waals surface area (Å²) in [7, 11) is 0. The molecule has 0 unspecified atom stereocenters. The molecule has 1 aromatic rings. The number of hydrogen-bond acceptors (Lipinski definition) is 3. The molecule has 1 rings (SSSR count). The van der Waals surface area contributed by atoms with E-state index in [4.69, 9.17) is 9.68 Å². The number of hydrogen-bond donors (Lipinski definition) is 0. The van der Waals surface area contributed by atoms with Crippen LogP contribution in [0.25, 0.3) is 0 Å². The van der Waals surface area contributed by atoms with E-state index in [1.807, 2.05) is 12.1 Å². The van der Waals surface area contributed by atoms with Gasteiger partial charge in [-0.1, -0.05) is 0 Å². The number of carbonyl (C=O) groups excluding carboxylic acids is 1. The molecule has 1 amide bonds.